The van der Waals surface area contributed by atoms with Gasteiger partial charge in [-0.1, -0.05) is 13.3 Å². The Hall–Kier alpha value is -0.120. The molecule has 1 rings (SSSR count). The fourth-order valence-electron chi connectivity index (χ4n) is 2.35. The van der Waals surface area contributed by atoms with Crippen LogP contribution in [0.2, 0.25) is 0 Å². The van der Waals surface area contributed by atoms with E-state index in [4.69, 9.17) is 4.74 Å². The Labute approximate surface area is 101 Å². The van der Waals surface area contributed by atoms with Gasteiger partial charge in [0.1, 0.15) is 0 Å². The van der Waals surface area contributed by atoms with Crippen molar-refractivity contribution in [2.24, 2.45) is 0 Å². The van der Waals surface area contributed by atoms with Crippen LogP contribution in [0.3, 0.4) is 0 Å². The fraction of sp³-hybridized carbons (Fsp3) is 1.00. The van der Waals surface area contributed by atoms with Crippen LogP contribution >= 0.6 is 0 Å². The Morgan fingerprint density at radius 1 is 1.31 bits per heavy atom. The molecule has 0 amide bonds. The first kappa shape index (κ1) is 13.9. The van der Waals surface area contributed by atoms with E-state index in [0.29, 0.717) is 0 Å². The van der Waals surface area contributed by atoms with Gasteiger partial charge in [-0.25, -0.2) is 0 Å². The summed E-state index contributed by atoms with van der Waals surface area (Å²) in [4.78, 5) is 2.57. The van der Waals surface area contributed by atoms with E-state index >= 15 is 0 Å². The van der Waals surface area contributed by atoms with E-state index in [1.807, 2.05) is 0 Å². The van der Waals surface area contributed by atoms with E-state index < -0.39 is 0 Å². The second kappa shape index (κ2) is 8.97. The first-order valence-corrected chi connectivity index (χ1v) is 6.81. The number of hydrogen-bond acceptors (Lipinski definition) is 3. The molecule has 1 aliphatic heterocycles. The minimum absolute atomic E-state index is 0.733. The Balaban J connectivity index is 2.09. The molecule has 0 saturated carbocycles. The van der Waals surface area contributed by atoms with Crippen molar-refractivity contribution in [2.45, 2.75) is 45.1 Å². The second-order valence-electron chi connectivity index (χ2n) is 4.74. The monoisotopic (exact) mass is 228 g/mol. The van der Waals surface area contributed by atoms with Gasteiger partial charge in [-0.05, 0) is 45.3 Å². The van der Waals surface area contributed by atoms with Gasteiger partial charge in [-0.3, -0.25) is 0 Å². The highest BCUT2D eigenvalue weighted by Gasteiger charge is 2.15. The van der Waals surface area contributed by atoms with Gasteiger partial charge in [0, 0.05) is 26.3 Å². The maximum atomic E-state index is 5.08. The van der Waals surface area contributed by atoms with Gasteiger partial charge < -0.3 is 15.0 Å². The van der Waals surface area contributed by atoms with Crippen LogP contribution in [0.25, 0.3) is 0 Å². The lowest BCUT2D eigenvalue weighted by atomic mass is 10.0. The molecule has 16 heavy (non-hydrogen) atoms. The van der Waals surface area contributed by atoms with E-state index in [1.165, 1.54) is 58.3 Å². The van der Waals surface area contributed by atoms with Crippen molar-refractivity contribution in [2.75, 3.05) is 39.9 Å². The van der Waals surface area contributed by atoms with Crippen molar-refractivity contribution in [1.82, 2.24) is 10.2 Å². The summed E-state index contributed by atoms with van der Waals surface area (Å²) in [5.74, 6) is 0. The average Bonchev–Trinajstić information content (AvgIpc) is 2.34. The molecule has 0 radical (unpaired) electrons. The van der Waals surface area contributed by atoms with Gasteiger partial charge in [-0.15, -0.1) is 0 Å². The molecule has 1 N–H and O–H groups in total. The van der Waals surface area contributed by atoms with Crippen LogP contribution in [0.4, 0.5) is 0 Å². The maximum absolute atomic E-state index is 5.08. The average molecular weight is 228 g/mol. The van der Waals surface area contributed by atoms with Gasteiger partial charge in [0.05, 0.1) is 0 Å². The third-order valence-electron chi connectivity index (χ3n) is 3.41. The van der Waals surface area contributed by atoms with Gasteiger partial charge in [0.2, 0.25) is 0 Å². The van der Waals surface area contributed by atoms with E-state index in [-0.39, 0.29) is 0 Å². The lowest BCUT2D eigenvalue weighted by Gasteiger charge is -2.29. The first-order chi connectivity index (χ1) is 7.86. The van der Waals surface area contributed by atoms with Gasteiger partial charge in [0.25, 0.3) is 0 Å². The third kappa shape index (κ3) is 5.83. The number of likely N-dealkylation sites (N-methyl/N-ethyl adjacent to an activating group) is 1. The number of ether oxygens (including phenoxy) is 1. The van der Waals surface area contributed by atoms with E-state index in [9.17, 15) is 0 Å². The summed E-state index contributed by atoms with van der Waals surface area (Å²) in [6.45, 7) is 8.00. The SMILES string of the molecule is CCN(CCCCOC)CC1CCCCN1. The molecule has 96 valence electrons. The van der Waals surface area contributed by atoms with E-state index in [2.05, 4.69) is 17.1 Å². The zero-order chi connectivity index (χ0) is 11.6. The van der Waals surface area contributed by atoms with Crippen molar-refractivity contribution in [1.29, 1.82) is 0 Å². The van der Waals surface area contributed by atoms with Gasteiger partial charge in [0.15, 0.2) is 0 Å². The lowest BCUT2D eigenvalue weighted by Crippen LogP contribution is -2.43. The first-order valence-electron chi connectivity index (χ1n) is 6.81. The minimum atomic E-state index is 0.733. The molecule has 3 heteroatoms. The van der Waals surface area contributed by atoms with Crippen LogP contribution < -0.4 is 5.32 Å². The van der Waals surface area contributed by atoms with Crippen molar-refractivity contribution >= 4 is 0 Å². The summed E-state index contributed by atoms with van der Waals surface area (Å²) in [5.41, 5.74) is 0. The third-order valence-corrected chi connectivity index (χ3v) is 3.41. The summed E-state index contributed by atoms with van der Waals surface area (Å²) >= 11 is 0. The predicted molar refractivity (Wildman–Crippen MR) is 68.9 cm³/mol. The number of rotatable bonds is 8. The normalized spacial score (nSPS) is 21.6. The molecular weight excluding hydrogens is 200 g/mol. The van der Waals surface area contributed by atoms with Crippen LogP contribution in [-0.4, -0.2) is 50.8 Å². The molecule has 1 unspecified atom stereocenters. The number of methoxy groups -OCH3 is 1. The highest BCUT2D eigenvalue weighted by Crippen LogP contribution is 2.09. The Morgan fingerprint density at radius 2 is 2.19 bits per heavy atom. The standard InChI is InChI=1S/C13H28N2O/c1-3-15(10-6-7-11-16-2)12-13-8-4-5-9-14-13/h13-14H,3-12H2,1-2H3. The topological polar surface area (TPSA) is 24.5 Å². The van der Waals surface area contributed by atoms with Crippen molar-refractivity contribution in [3.05, 3.63) is 0 Å². The molecule has 1 saturated heterocycles. The molecule has 1 fully saturated rings. The predicted octanol–water partition coefficient (Wildman–Crippen LogP) is 1.88. The molecule has 3 nitrogen and oxygen atoms in total. The van der Waals surface area contributed by atoms with Crippen molar-refractivity contribution in [3.63, 3.8) is 0 Å². The Morgan fingerprint density at radius 3 is 2.81 bits per heavy atom. The summed E-state index contributed by atoms with van der Waals surface area (Å²) in [5, 5.41) is 3.62. The summed E-state index contributed by atoms with van der Waals surface area (Å²) in [7, 11) is 1.78. The number of nitrogens with one attached hydrogen (secondary N) is 1. The number of hydrogen-bond donors (Lipinski definition) is 1. The van der Waals surface area contributed by atoms with Gasteiger partial charge >= 0.3 is 0 Å². The molecule has 0 aromatic rings. The Kier molecular flexibility index (Phi) is 7.81. The molecule has 1 aliphatic rings. The molecule has 0 bridgehead atoms. The molecule has 1 heterocycles. The van der Waals surface area contributed by atoms with E-state index in [1.54, 1.807) is 7.11 Å². The number of piperidine rings is 1. The molecule has 0 aromatic heterocycles. The quantitative estimate of drug-likeness (QED) is 0.642. The summed E-state index contributed by atoms with van der Waals surface area (Å²) < 4.78 is 5.08. The number of unbranched alkanes of at least 4 members (excludes halogenated alkanes) is 1. The summed E-state index contributed by atoms with van der Waals surface area (Å²) in [6.07, 6.45) is 6.56. The minimum Gasteiger partial charge on any atom is -0.385 e. The second-order valence-corrected chi connectivity index (χ2v) is 4.74. The van der Waals surface area contributed by atoms with Crippen molar-refractivity contribution in [3.8, 4) is 0 Å². The molecule has 0 spiro atoms. The van der Waals surface area contributed by atoms with Crippen LogP contribution in [0.1, 0.15) is 39.0 Å². The molecule has 1 atom stereocenters. The largest absolute Gasteiger partial charge is 0.385 e. The number of nitrogens with zero attached hydrogens (tertiary/aromatic N) is 1. The summed E-state index contributed by atoms with van der Waals surface area (Å²) in [6, 6.07) is 0.733. The van der Waals surface area contributed by atoms with Crippen LogP contribution in [0.15, 0.2) is 0 Å². The lowest BCUT2D eigenvalue weighted by molar-refractivity contribution is 0.180. The maximum Gasteiger partial charge on any atom is 0.0462 e. The van der Waals surface area contributed by atoms with Crippen LogP contribution in [-0.2, 0) is 4.74 Å². The van der Waals surface area contributed by atoms with Gasteiger partial charge in [-0.2, -0.15) is 0 Å². The Bertz CT molecular complexity index is 158. The smallest absolute Gasteiger partial charge is 0.0462 e. The van der Waals surface area contributed by atoms with Crippen molar-refractivity contribution < 1.29 is 4.74 Å². The molecular formula is C13H28N2O. The highest BCUT2D eigenvalue weighted by molar-refractivity contribution is 4.75. The zero-order valence-corrected chi connectivity index (χ0v) is 11.0. The van der Waals surface area contributed by atoms with Crippen LogP contribution in [0.5, 0.6) is 0 Å². The fourth-order valence-corrected chi connectivity index (χ4v) is 2.35. The van der Waals surface area contributed by atoms with Crippen LogP contribution in [0, 0.1) is 0 Å². The molecule has 0 aromatic carbocycles. The van der Waals surface area contributed by atoms with E-state index in [0.717, 1.165) is 12.6 Å². The highest BCUT2D eigenvalue weighted by atomic mass is 16.5. The molecule has 0 aliphatic carbocycles. The zero-order valence-electron chi connectivity index (χ0n) is 11.0.